The SMILES string of the molecule is c1ccc2cc(-c3cc(-c4ccnc5c4oc4ccccc45)cc(-c4ccnc5c4oc4ccccc45)c3)ccc2c1. The smallest absolute Gasteiger partial charge is 0.161 e. The average molecular weight is 539 g/mol. The van der Waals surface area contributed by atoms with Crippen molar-refractivity contribution in [2.24, 2.45) is 0 Å². The number of para-hydroxylation sites is 2. The number of nitrogens with zero attached hydrogens (tertiary/aromatic N) is 2. The quantitative estimate of drug-likeness (QED) is 0.224. The Balaban J connectivity index is 1.34. The summed E-state index contributed by atoms with van der Waals surface area (Å²) in [4.78, 5) is 9.40. The molecule has 4 nitrogen and oxygen atoms in total. The lowest BCUT2D eigenvalue weighted by molar-refractivity contribution is 0.669. The van der Waals surface area contributed by atoms with Crippen LogP contribution in [-0.4, -0.2) is 9.97 Å². The number of furan rings is 2. The number of hydrogen-bond acceptors (Lipinski definition) is 4. The zero-order chi connectivity index (χ0) is 27.6. The lowest BCUT2D eigenvalue weighted by Gasteiger charge is -2.12. The lowest BCUT2D eigenvalue weighted by Crippen LogP contribution is -1.89. The molecule has 196 valence electrons. The fraction of sp³-hybridized carbons (Fsp3) is 0. The van der Waals surface area contributed by atoms with Crippen molar-refractivity contribution in [3.05, 3.63) is 134 Å². The van der Waals surface area contributed by atoms with E-state index in [9.17, 15) is 0 Å². The van der Waals surface area contributed by atoms with Crippen molar-refractivity contribution in [1.82, 2.24) is 9.97 Å². The Morgan fingerprint density at radius 3 is 1.55 bits per heavy atom. The molecule has 0 aliphatic rings. The standard InChI is InChI=1S/C38H22N2O2/c1-2-8-24-19-25(14-13-23(24)7-1)26-20-27(29-15-17-39-35-31-9-3-5-11-33(31)41-37(29)35)22-28(21-26)30-16-18-40-36-32-10-4-6-12-34(32)42-38(30)36/h1-22H. The maximum atomic E-state index is 6.41. The van der Waals surface area contributed by atoms with E-state index in [1.54, 1.807) is 0 Å². The summed E-state index contributed by atoms with van der Waals surface area (Å²) in [6, 6.07) is 42.0. The van der Waals surface area contributed by atoms with Crippen LogP contribution in [0.2, 0.25) is 0 Å². The molecule has 0 aliphatic heterocycles. The molecule has 0 N–H and O–H groups in total. The maximum Gasteiger partial charge on any atom is 0.161 e. The summed E-state index contributed by atoms with van der Waals surface area (Å²) in [6.45, 7) is 0. The molecule has 0 radical (unpaired) electrons. The summed E-state index contributed by atoms with van der Waals surface area (Å²) >= 11 is 0. The fourth-order valence-electron chi connectivity index (χ4n) is 6.14. The highest BCUT2D eigenvalue weighted by molar-refractivity contribution is 6.09. The molecule has 0 spiro atoms. The van der Waals surface area contributed by atoms with Gasteiger partial charge in [0, 0.05) is 34.3 Å². The van der Waals surface area contributed by atoms with E-state index in [0.29, 0.717) is 0 Å². The molecule has 0 amide bonds. The van der Waals surface area contributed by atoms with Crippen LogP contribution in [0, 0.1) is 0 Å². The Kier molecular flexibility index (Phi) is 4.87. The third-order valence-corrected chi connectivity index (χ3v) is 8.16. The van der Waals surface area contributed by atoms with E-state index in [1.165, 1.54) is 10.8 Å². The van der Waals surface area contributed by atoms with Gasteiger partial charge in [-0.05, 0) is 93.7 Å². The Morgan fingerprint density at radius 1 is 0.405 bits per heavy atom. The number of benzene rings is 5. The number of aromatic nitrogens is 2. The van der Waals surface area contributed by atoms with E-state index in [2.05, 4.69) is 72.8 Å². The molecular formula is C38H22N2O2. The highest BCUT2D eigenvalue weighted by atomic mass is 16.3. The van der Waals surface area contributed by atoms with Crippen LogP contribution < -0.4 is 0 Å². The summed E-state index contributed by atoms with van der Waals surface area (Å²) < 4.78 is 12.8. The predicted octanol–water partition coefficient (Wildman–Crippen LogP) is 10.4. The molecule has 42 heavy (non-hydrogen) atoms. The molecule has 5 aromatic carbocycles. The zero-order valence-corrected chi connectivity index (χ0v) is 22.4. The van der Waals surface area contributed by atoms with E-state index in [4.69, 9.17) is 18.8 Å². The Bertz CT molecular complexity index is 2350. The molecule has 9 rings (SSSR count). The molecule has 0 fully saturated rings. The van der Waals surface area contributed by atoms with Crippen LogP contribution in [0.3, 0.4) is 0 Å². The van der Waals surface area contributed by atoms with E-state index >= 15 is 0 Å². The minimum absolute atomic E-state index is 0.781. The van der Waals surface area contributed by atoms with Crippen molar-refractivity contribution >= 4 is 54.9 Å². The van der Waals surface area contributed by atoms with Crippen LogP contribution >= 0.6 is 0 Å². The molecule has 0 bridgehead atoms. The molecule has 0 saturated carbocycles. The first kappa shape index (κ1) is 23.0. The second-order valence-electron chi connectivity index (χ2n) is 10.6. The summed E-state index contributed by atoms with van der Waals surface area (Å²) in [7, 11) is 0. The van der Waals surface area contributed by atoms with Crippen LogP contribution in [0.4, 0.5) is 0 Å². The number of rotatable bonds is 3. The summed E-state index contributed by atoms with van der Waals surface area (Å²) in [5, 5.41) is 4.44. The minimum atomic E-state index is 0.781. The molecule has 0 atom stereocenters. The lowest BCUT2D eigenvalue weighted by atomic mass is 9.92. The van der Waals surface area contributed by atoms with Gasteiger partial charge in [-0.15, -0.1) is 0 Å². The number of fused-ring (bicyclic) bond motifs is 7. The van der Waals surface area contributed by atoms with Gasteiger partial charge in [0.25, 0.3) is 0 Å². The Labute approximate surface area is 240 Å². The average Bonchev–Trinajstić information content (AvgIpc) is 3.63. The fourth-order valence-corrected chi connectivity index (χ4v) is 6.14. The van der Waals surface area contributed by atoms with Gasteiger partial charge in [0.05, 0.1) is 0 Å². The highest BCUT2D eigenvalue weighted by Crippen LogP contribution is 2.41. The Morgan fingerprint density at radius 2 is 0.929 bits per heavy atom. The Hall–Kier alpha value is -5.74. The van der Waals surface area contributed by atoms with Crippen LogP contribution in [0.1, 0.15) is 0 Å². The topological polar surface area (TPSA) is 52.1 Å². The zero-order valence-electron chi connectivity index (χ0n) is 22.4. The first-order valence-corrected chi connectivity index (χ1v) is 14.0. The molecule has 0 aliphatic carbocycles. The molecule has 4 heteroatoms. The third kappa shape index (κ3) is 3.49. The molecular weight excluding hydrogens is 516 g/mol. The van der Waals surface area contributed by atoms with Gasteiger partial charge in [-0.2, -0.15) is 0 Å². The molecule has 9 aromatic rings. The van der Waals surface area contributed by atoms with Crippen LogP contribution in [0.5, 0.6) is 0 Å². The van der Waals surface area contributed by atoms with Gasteiger partial charge in [0.15, 0.2) is 11.2 Å². The van der Waals surface area contributed by atoms with Crippen molar-refractivity contribution < 1.29 is 8.83 Å². The van der Waals surface area contributed by atoms with Crippen molar-refractivity contribution in [2.45, 2.75) is 0 Å². The first-order valence-electron chi connectivity index (χ1n) is 14.0. The van der Waals surface area contributed by atoms with Gasteiger partial charge in [0.2, 0.25) is 0 Å². The van der Waals surface area contributed by atoms with Gasteiger partial charge in [-0.25, -0.2) is 0 Å². The monoisotopic (exact) mass is 538 g/mol. The number of hydrogen-bond donors (Lipinski definition) is 0. The summed E-state index contributed by atoms with van der Waals surface area (Å²) in [5.41, 5.74) is 11.3. The second kappa shape index (κ2) is 8.88. The molecule has 0 unspecified atom stereocenters. The molecule has 4 aromatic heterocycles. The predicted molar refractivity (Wildman–Crippen MR) is 170 cm³/mol. The van der Waals surface area contributed by atoms with Crippen molar-refractivity contribution in [1.29, 1.82) is 0 Å². The van der Waals surface area contributed by atoms with Crippen LogP contribution in [0.25, 0.3) is 88.3 Å². The summed E-state index contributed by atoms with van der Waals surface area (Å²) in [6.07, 6.45) is 3.73. The van der Waals surface area contributed by atoms with Gasteiger partial charge >= 0.3 is 0 Å². The summed E-state index contributed by atoms with van der Waals surface area (Å²) in [5.74, 6) is 0. The van der Waals surface area contributed by atoms with Gasteiger partial charge < -0.3 is 8.83 Å². The van der Waals surface area contributed by atoms with Crippen molar-refractivity contribution in [2.75, 3.05) is 0 Å². The minimum Gasteiger partial charge on any atom is -0.454 e. The highest BCUT2D eigenvalue weighted by Gasteiger charge is 2.18. The van der Waals surface area contributed by atoms with Gasteiger partial charge in [-0.1, -0.05) is 60.7 Å². The van der Waals surface area contributed by atoms with Crippen molar-refractivity contribution in [3.63, 3.8) is 0 Å². The van der Waals surface area contributed by atoms with Crippen molar-refractivity contribution in [3.8, 4) is 33.4 Å². The van der Waals surface area contributed by atoms with Gasteiger partial charge in [-0.3, -0.25) is 9.97 Å². The van der Waals surface area contributed by atoms with E-state index in [1.807, 2.05) is 60.9 Å². The first-order chi connectivity index (χ1) is 20.8. The van der Waals surface area contributed by atoms with Gasteiger partial charge in [0.1, 0.15) is 22.2 Å². The largest absolute Gasteiger partial charge is 0.454 e. The normalized spacial score (nSPS) is 11.8. The third-order valence-electron chi connectivity index (χ3n) is 8.16. The molecule has 0 saturated heterocycles. The molecule has 4 heterocycles. The number of pyridine rings is 2. The van der Waals surface area contributed by atoms with E-state index < -0.39 is 0 Å². The van der Waals surface area contributed by atoms with Crippen LogP contribution in [0.15, 0.2) is 143 Å². The van der Waals surface area contributed by atoms with Crippen LogP contribution in [-0.2, 0) is 0 Å². The van der Waals surface area contributed by atoms with E-state index in [0.717, 1.165) is 77.5 Å². The maximum absolute atomic E-state index is 6.41. The van der Waals surface area contributed by atoms with E-state index in [-0.39, 0.29) is 0 Å². The second-order valence-corrected chi connectivity index (χ2v) is 10.6.